The second kappa shape index (κ2) is 3.03. The molecule has 0 aromatic heterocycles. The van der Waals surface area contributed by atoms with Crippen LogP contribution in [0.15, 0.2) is 0 Å². The lowest BCUT2D eigenvalue weighted by atomic mass is 9.45. The van der Waals surface area contributed by atoms with Gasteiger partial charge in [0.1, 0.15) is 0 Å². The third-order valence-electron chi connectivity index (χ3n) is 4.79. The van der Waals surface area contributed by atoms with Crippen molar-refractivity contribution in [3.8, 4) is 11.8 Å². The van der Waals surface area contributed by atoms with E-state index in [1.54, 1.807) is 0 Å². The molecule has 2 heteroatoms. The summed E-state index contributed by atoms with van der Waals surface area (Å²) in [5.74, 6) is 6.15. The van der Waals surface area contributed by atoms with Crippen molar-refractivity contribution < 1.29 is 9.90 Å². The van der Waals surface area contributed by atoms with Crippen LogP contribution in [0.3, 0.4) is 0 Å². The SMILES string of the molecule is CC12CC3CC(C1)CC(C#CC(=O)O)(C3)C2. The predicted octanol–water partition coefficient (Wildman–Crippen LogP) is 2.68. The quantitative estimate of drug-likeness (QED) is 0.635. The first-order valence-electron chi connectivity index (χ1n) is 6.25. The van der Waals surface area contributed by atoms with Gasteiger partial charge in [0.2, 0.25) is 0 Å². The zero-order valence-corrected chi connectivity index (χ0v) is 9.75. The molecule has 4 aliphatic rings. The fourth-order valence-corrected chi connectivity index (χ4v) is 5.05. The topological polar surface area (TPSA) is 37.3 Å². The third-order valence-corrected chi connectivity index (χ3v) is 4.79. The van der Waals surface area contributed by atoms with Crippen molar-refractivity contribution in [1.82, 2.24) is 0 Å². The molecule has 4 saturated carbocycles. The average molecular weight is 218 g/mol. The minimum absolute atomic E-state index is 0.0528. The minimum atomic E-state index is -0.971. The highest BCUT2D eigenvalue weighted by Gasteiger charge is 2.55. The molecule has 0 aliphatic heterocycles. The lowest BCUT2D eigenvalue weighted by Crippen LogP contribution is -2.50. The van der Waals surface area contributed by atoms with Gasteiger partial charge in [-0.2, -0.15) is 0 Å². The summed E-state index contributed by atoms with van der Waals surface area (Å²) in [5.41, 5.74) is 0.508. The van der Waals surface area contributed by atoms with Crippen LogP contribution in [0.2, 0.25) is 0 Å². The molecule has 1 N–H and O–H groups in total. The number of carbonyl (C=O) groups is 1. The monoisotopic (exact) mass is 218 g/mol. The number of carboxylic acid groups (broad SMARTS) is 1. The number of aliphatic carboxylic acids is 1. The minimum Gasteiger partial charge on any atom is -0.472 e. The van der Waals surface area contributed by atoms with Crippen molar-refractivity contribution in [2.45, 2.75) is 45.4 Å². The van der Waals surface area contributed by atoms with Gasteiger partial charge in [0.25, 0.3) is 0 Å². The van der Waals surface area contributed by atoms with E-state index < -0.39 is 5.97 Å². The Kier molecular flexibility index (Phi) is 1.93. The summed E-state index contributed by atoms with van der Waals surface area (Å²) in [6, 6.07) is 0. The maximum Gasteiger partial charge on any atom is 0.381 e. The second-order valence-corrected chi connectivity index (χ2v) is 6.61. The summed E-state index contributed by atoms with van der Waals surface area (Å²) >= 11 is 0. The highest BCUT2D eigenvalue weighted by Crippen LogP contribution is 2.64. The van der Waals surface area contributed by atoms with E-state index in [0.717, 1.165) is 31.1 Å². The van der Waals surface area contributed by atoms with Gasteiger partial charge in [0.05, 0.1) is 0 Å². The van der Waals surface area contributed by atoms with Gasteiger partial charge in [-0.1, -0.05) is 12.8 Å². The Labute approximate surface area is 96.4 Å². The molecule has 2 nitrogen and oxygen atoms in total. The summed E-state index contributed by atoms with van der Waals surface area (Å²) in [7, 11) is 0. The molecular formula is C14H18O2. The van der Waals surface area contributed by atoms with E-state index in [2.05, 4.69) is 18.8 Å². The summed E-state index contributed by atoms with van der Waals surface area (Å²) in [5, 5.41) is 8.71. The van der Waals surface area contributed by atoms with Crippen LogP contribution in [-0.4, -0.2) is 11.1 Å². The van der Waals surface area contributed by atoms with E-state index in [-0.39, 0.29) is 5.41 Å². The Morgan fingerprint density at radius 1 is 1.25 bits per heavy atom. The summed E-state index contributed by atoms with van der Waals surface area (Å²) in [6.07, 6.45) is 7.50. The molecule has 2 atom stereocenters. The molecular weight excluding hydrogens is 200 g/mol. The fourth-order valence-electron chi connectivity index (χ4n) is 5.05. The molecule has 0 heterocycles. The highest BCUT2D eigenvalue weighted by molar-refractivity contribution is 5.86. The Balaban J connectivity index is 1.93. The lowest BCUT2D eigenvalue weighted by Gasteiger charge is -2.59. The molecule has 0 spiro atoms. The van der Waals surface area contributed by atoms with Crippen LogP contribution in [-0.2, 0) is 4.79 Å². The molecule has 0 aromatic rings. The van der Waals surface area contributed by atoms with E-state index in [1.807, 2.05) is 0 Å². The normalized spacial score (nSPS) is 48.6. The molecule has 0 amide bonds. The molecule has 0 radical (unpaired) electrons. The van der Waals surface area contributed by atoms with E-state index >= 15 is 0 Å². The van der Waals surface area contributed by atoms with Gasteiger partial charge < -0.3 is 5.11 Å². The van der Waals surface area contributed by atoms with Gasteiger partial charge in [-0.15, -0.1) is 0 Å². The maximum absolute atomic E-state index is 10.6. The molecule has 0 saturated heterocycles. The van der Waals surface area contributed by atoms with E-state index in [9.17, 15) is 4.79 Å². The Hall–Kier alpha value is -0.970. The number of hydrogen-bond donors (Lipinski definition) is 1. The van der Waals surface area contributed by atoms with Crippen LogP contribution in [0.4, 0.5) is 0 Å². The first-order valence-corrected chi connectivity index (χ1v) is 6.25. The summed E-state index contributed by atoms with van der Waals surface area (Å²) < 4.78 is 0. The smallest absolute Gasteiger partial charge is 0.381 e. The standard InChI is InChI=1S/C14H18O2/c1-13-5-10-4-11(6-13)8-14(7-10,9-13)3-2-12(15)16/h10-11H,4-9H2,1H3,(H,15,16). The van der Waals surface area contributed by atoms with Crippen LogP contribution in [0.1, 0.15) is 45.4 Å². The first kappa shape index (κ1) is 10.2. The molecule has 4 rings (SSSR count). The Morgan fingerprint density at radius 2 is 1.88 bits per heavy atom. The molecule has 16 heavy (non-hydrogen) atoms. The van der Waals surface area contributed by atoms with Crippen molar-refractivity contribution in [1.29, 1.82) is 0 Å². The fraction of sp³-hybridized carbons (Fsp3) is 0.786. The largest absolute Gasteiger partial charge is 0.472 e. The second-order valence-electron chi connectivity index (χ2n) is 6.61. The van der Waals surface area contributed by atoms with Crippen LogP contribution in [0, 0.1) is 34.5 Å². The number of carboxylic acids is 1. The zero-order chi connectivity index (χ0) is 11.4. The zero-order valence-electron chi connectivity index (χ0n) is 9.75. The van der Waals surface area contributed by atoms with Crippen molar-refractivity contribution in [3.05, 3.63) is 0 Å². The Morgan fingerprint density at radius 3 is 2.38 bits per heavy atom. The molecule has 4 fully saturated rings. The molecule has 4 bridgehead atoms. The van der Waals surface area contributed by atoms with Gasteiger partial charge in [-0.25, -0.2) is 4.79 Å². The highest BCUT2D eigenvalue weighted by atomic mass is 16.4. The van der Waals surface area contributed by atoms with Crippen molar-refractivity contribution in [2.24, 2.45) is 22.7 Å². The van der Waals surface area contributed by atoms with Crippen molar-refractivity contribution in [2.75, 3.05) is 0 Å². The number of rotatable bonds is 0. The average Bonchev–Trinajstić information content (AvgIpc) is 2.10. The van der Waals surface area contributed by atoms with Crippen LogP contribution in [0.25, 0.3) is 0 Å². The van der Waals surface area contributed by atoms with Crippen molar-refractivity contribution >= 4 is 5.97 Å². The van der Waals surface area contributed by atoms with Crippen LogP contribution >= 0.6 is 0 Å². The van der Waals surface area contributed by atoms with Crippen molar-refractivity contribution in [3.63, 3.8) is 0 Å². The molecule has 86 valence electrons. The lowest BCUT2D eigenvalue weighted by molar-refractivity contribution is -0.130. The van der Waals surface area contributed by atoms with Gasteiger partial charge >= 0.3 is 5.97 Å². The predicted molar refractivity (Wildman–Crippen MR) is 60.6 cm³/mol. The Bertz CT molecular complexity index is 385. The van der Waals surface area contributed by atoms with Gasteiger partial charge in [0, 0.05) is 11.3 Å². The molecule has 4 aliphatic carbocycles. The summed E-state index contributed by atoms with van der Waals surface area (Å²) in [4.78, 5) is 10.6. The maximum atomic E-state index is 10.6. The van der Waals surface area contributed by atoms with E-state index in [1.165, 1.54) is 19.3 Å². The van der Waals surface area contributed by atoms with Gasteiger partial charge in [0.15, 0.2) is 0 Å². The first-order chi connectivity index (χ1) is 7.49. The molecule has 2 unspecified atom stereocenters. The van der Waals surface area contributed by atoms with Crippen LogP contribution < -0.4 is 0 Å². The van der Waals surface area contributed by atoms with E-state index in [0.29, 0.717) is 5.41 Å². The summed E-state index contributed by atoms with van der Waals surface area (Å²) in [6.45, 7) is 2.38. The van der Waals surface area contributed by atoms with Crippen LogP contribution in [0.5, 0.6) is 0 Å². The number of hydrogen-bond acceptors (Lipinski definition) is 1. The van der Waals surface area contributed by atoms with E-state index in [4.69, 9.17) is 5.11 Å². The third kappa shape index (κ3) is 1.54. The van der Waals surface area contributed by atoms with Gasteiger partial charge in [-0.05, 0) is 55.8 Å². The molecule has 0 aromatic carbocycles. The van der Waals surface area contributed by atoms with Gasteiger partial charge in [-0.3, -0.25) is 0 Å².